The first kappa shape index (κ1) is 21.1. The lowest BCUT2D eigenvalue weighted by atomic mass is 9.78. The minimum absolute atomic E-state index is 0.0262. The molecule has 0 bridgehead atoms. The van der Waals surface area contributed by atoms with E-state index in [1.54, 1.807) is 0 Å². The molecule has 1 heterocycles. The van der Waals surface area contributed by atoms with Crippen molar-refractivity contribution in [1.82, 2.24) is 4.90 Å². The predicted molar refractivity (Wildman–Crippen MR) is 117 cm³/mol. The number of carbonyl (C=O) groups excluding carboxylic acids is 2. The lowest BCUT2D eigenvalue weighted by Gasteiger charge is -2.28. The Balaban J connectivity index is 1.90. The molecule has 4 heteroatoms. The Morgan fingerprint density at radius 3 is 2.48 bits per heavy atom. The van der Waals surface area contributed by atoms with Gasteiger partial charge in [0.15, 0.2) is 0 Å². The maximum absolute atomic E-state index is 12.9. The Morgan fingerprint density at radius 2 is 1.83 bits per heavy atom. The molecule has 1 aliphatic heterocycles. The molecule has 1 saturated heterocycles. The van der Waals surface area contributed by atoms with Crippen molar-refractivity contribution < 1.29 is 9.59 Å². The molecule has 1 aliphatic rings. The quantitative estimate of drug-likeness (QED) is 0.762. The third-order valence-corrected chi connectivity index (χ3v) is 6.40. The average molecular weight is 393 g/mol. The number of primary amides is 1. The van der Waals surface area contributed by atoms with Crippen molar-refractivity contribution in [2.75, 3.05) is 13.1 Å². The SMILES string of the molecule is CCC(CC)C(=O)N1CC[C@](Cc2ccccc2-c2cccc(C)c2)(C(N)=O)C1. The number of likely N-dealkylation sites (tertiary alicyclic amines) is 1. The van der Waals surface area contributed by atoms with Crippen molar-refractivity contribution in [2.24, 2.45) is 17.1 Å². The molecule has 0 spiro atoms. The van der Waals surface area contributed by atoms with Gasteiger partial charge in [-0.2, -0.15) is 0 Å². The number of amides is 2. The highest BCUT2D eigenvalue weighted by Crippen LogP contribution is 2.38. The molecule has 0 aliphatic carbocycles. The minimum atomic E-state index is -0.707. The highest BCUT2D eigenvalue weighted by Gasteiger charge is 2.45. The zero-order valence-corrected chi connectivity index (χ0v) is 17.8. The summed E-state index contributed by atoms with van der Waals surface area (Å²) in [4.78, 5) is 27.3. The topological polar surface area (TPSA) is 63.4 Å². The summed E-state index contributed by atoms with van der Waals surface area (Å²) in [5.41, 5.74) is 9.79. The number of carbonyl (C=O) groups is 2. The second-order valence-electron chi connectivity index (χ2n) is 8.37. The molecule has 29 heavy (non-hydrogen) atoms. The van der Waals surface area contributed by atoms with Gasteiger partial charge in [-0.1, -0.05) is 67.9 Å². The van der Waals surface area contributed by atoms with Crippen LogP contribution in [0.2, 0.25) is 0 Å². The second-order valence-corrected chi connectivity index (χ2v) is 8.37. The Morgan fingerprint density at radius 1 is 1.10 bits per heavy atom. The Hall–Kier alpha value is -2.62. The molecule has 1 atom stereocenters. The van der Waals surface area contributed by atoms with E-state index in [2.05, 4.69) is 43.3 Å². The van der Waals surface area contributed by atoms with E-state index >= 15 is 0 Å². The molecule has 2 N–H and O–H groups in total. The monoisotopic (exact) mass is 392 g/mol. The van der Waals surface area contributed by atoms with Gasteiger partial charge in [-0.25, -0.2) is 0 Å². The zero-order valence-electron chi connectivity index (χ0n) is 17.8. The highest BCUT2D eigenvalue weighted by molar-refractivity contribution is 5.85. The van der Waals surface area contributed by atoms with Crippen LogP contribution in [-0.2, 0) is 16.0 Å². The predicted octanol–water partition coefficient (Wildman–Crippen LogP) is 4.34. The number of hydrogen-bond donors (Lipinski definition) is 1. The van der Waals surface area contributed by atoms with Crippen LogP contribution >= 0.6 is 0 Å². The van der Waals surface area contributed by atoms with Crippen LogP contribution in [0.5, 0.6) is 0 Å². The number of hydrogen-bond acceptors (Lipinski definition) is 2. The number of nitrogens with two attached hydrogens (primary N) is 1. The third-order valence-electron chi connectivity index (χ3n) is 6.40. The number of aryl methyl sites for hydroxylation is 1. The van der Waals surface area contributed by atoms with Crippen LogP contribution in [-0.4, -0.2) is 29.8 Å². The molecule has 2 aromatic carbocycles. The number of benzene rings is 2. The normalized spacial score (nSPS) is 19.0. The summed E-state index contributed by atoms with van der Waals surface area (Å²) in [5.74, 6) is -0.125. The van der Waals surface area contributed by atoms with Crippen molar-refractivity contribution in [3.05, 3.63) is 59.7 Å². The van der Waals surface area contributed by atoms with Gasteiger partial charge in [0, 0.05) is 19.0 Å². The lowest BCUT2D eigenvalue weighted by Crippen LogP contribution is -2.43. The Labute approximate surface area is 174 Å². The highest BCUT2D eigenvalue weighted by atomic mass is 16.2. The van der Waals surface area contributed by atoms with E-state index in [9.17, 15) is 9.59 Å². The van der Waals surface area contributed by atoms with Gasteiger partial charge in [0.2, 0.25) is 11.8 Å². The molecule has 2 aromatic rings. The van der Waals surface area contributed by atoms with E-state index in [0.29, 0.717) is 25.9 Å². The van der Waals surface area contributed by atoms with Crippen LogP contribution < -0.4 is 5.73 Å². The fourth-order valence-electron chi connectivity index (χ4n) is 4.52. The summed E-state index contributed by atoms with van der Waals surface area (Å²) in [6.45, 7) is 7.18. The maximum atomic E-state index is 12.9. The van der Waals surface area contributed by atoms with Crippen molar-refractivity contribution in [1.29, 1.82) is 0 Å². The maximum Gasteiger partial charge on any atom is 0.225 e. The van der Waals surface area contributed by atoms with E-state index < -0.39 is 5.41 Å². The van der Waals surface area contributed by atoms with E-state index in [0.717, 1.165) is 29.5 Å². The summed E-state index contributed by atoms with van der Waals surface area (Å²) < 4.78 is 0. The summed E-state index contributed by atoms with van der Waals surface area (Å²) in [6.07, 6.45) is 2.83. The van der Waals surface area contributed by atoms with Gasteiger partial charge in [-0.3, -0.25) is 9.59 Å². The van der Waals surface area contributed by atoms with E-state index in [1.807, 2.05) is 30.9 Å². The van der Waals surface area contributed by atoms with Crippen molar-refractivity contribution in [2.45, 2.75) is 46.5 Å². The van der Waals surface area contributed by atoms with Gasteiger partial charge in [0.1, 0.15) is 0 Å². The van der Waals surface area contributed by atoms with E-state index in [-0.39, 0.29) is 17.7 Å². The minimum Gasteiger partial charge on any atom is -0.369 e. The molecule has 0 saturated carbocycles. The molecule has 2 amide bonds. The summed E-state index contributed by atoms with van der Waals surface area (Å²) in [7, 11) is 0. The second kappa shape index (κ2) is 8.81. The van der Waals surface area contributed by atoms with Crippen LogP contribution in [0.3, 0.4) is 0 Å². The smallest absolute Gasteiger partial charge is 0.225 e. The van der Waals surface area contributed by atoms with Crippen molar-refractivity contribution >= 4 is 11.8 Å². The average Bonchev–Trinajstić information content (AvgIpc) is 3.15. The third kappa shape index (κ3) is 4.36. The van der Waals surface area contributed by atoms with E-state index in [4.69, 9.17) is 5.73 Å². The number of nitrogens with zero attached hydrogens (tertiary/aromatic N) is 1. The van der Waals surface area contributed by atoms with Gasteiger partial charge in [0.05, 0.1) is 5.41 Å². The van der Waals surface area contributed by atoms with Crippen LogP contribution in [0.1, 0.15) is 44.2 Å². The van der Waals surface area contributed by atoms with Gasteiger partial charge in [-0.05, 0) is 49.3 Å². The van der Waals surface area contributed by atoms with Gasteiger partial charge < -0.3 is 10.6 Å². The van der Waals surface area contributed by atoms with Gasteiger partial charge in [-0.15, -0.1) is 0 Å². The summed E-state index contributed by atoms with van der Waals surface area (Å²) in [5, 5.41) is 0. The van der Waals surface area contributed by atoms with Gasteiger partial charge in [0.25, 0.3) is 0 Å². The molecule has 154 valence electrons. The Bertz CT molecular complexity index is 888. The van der Waals surface area contributed by atoms with Crippen LogP contribution in [0.25, 0.3) is 11.1 Å². The first-order valence-electron chi connectivity index (χ1n) is 10.6. The fraction of sp³-hybridized carbons (Fsp3) is 0.440. The van der Waals surface area contributed by atoms with Crippen LogP contribution in [0.15, 0.2) is 48.5 Å². The fourth-order valence-corrected chi connectivity index (χ4v) is 4.52. The molecule has 0 unspecified atom stereocenters. The first-order valence-corrected chi connectivity index (χ1v) is 10.6. The molecule has 0 aromatic heterocycles. The molecular weight excluding hydrogens is 360 g/mol. The molecule has 4 nitrogen and oxygen atoms in total. The molecule has 0 radical (unpaired) electrons. The molecular formula is C25H32N2O2. The van der Waals surface area contributed by atoms with Crippen LogP contribution in [0.4, 0.5) is 0 Å². The summed E-state index contributed by atoms with van der Waals surface area (Å²) >= 11 is 0. The molecule has 3 rings (SSSR count). The van der Waals surface area contributed by atoms with Gasteiger partial charge >= 0.3 is 0 Å². The lowest BCUT2D eigenvalue weighted by molar-refractivity contribution is -0.135. The van der Waals surface area contributed by atoms with Crippen molar-refractivity contribution in [3.8, 4) is 11.1 Å². The van der Waals surface area contributed by atoms with E-state index in [1.165, 1.54) is 5.56 Å². The first-order chi connectivity index (χ1) is 13.9. The number of rotatable bonds is 7. The zero-order chi connectivity index (χ0) is 21.0. The molecule has 1 fully saturated rings. The largest absolute Gasteiger partial charge is 0.369 e. The Kier molecular flexibility index (Phi) is 6.41. The van der Waals surface area contributed by atoms with Crippen molar-refractivity contribution in [3.63, 3.8) is 0 Å². The standard InChI is InChI=1S/C25H32N2O2/c1-4-19(5-2)23(28)27-14-13-25(17-27,24(26)29)16-21-10-6-7-12-22(21)20-11-8-9-18(3)15-20/h6-12,15,19H,4-5,13-14,16-17H2,1-3H3,(H2,26,29)/t25-/m1/s1. The van der Waals surface area contributed by atoms with Crippen LogP contribution in [0, 0.1) is 18.3 Å². The summed E-state index contributed by atoms with van der Waals surface area (Å²) in [6, 6.07) is 16.6.